The zero-order chi connectivity index (χ0) is 21.6. The first kappa shape index (κ1) is 20.5. The van der Waals surface area contributed by atoms with E-state index in [4.69, 9.17) is 0 Å². The van der Waals surface area contributed by atoms with Gasteiger partial charge in [0.1, 0.15) is 5.54 Å². The Morgan fingerprint density at radius 1 is 1.19 bits per heavy atom. The maximum absolute atomic E-state index is 13.5. The molecule has 2 atom stereocenters. The highest BCUT2D eigenvalue weighted by atomic mass is 16.3. The molecule has 9 heteroatoms. The summed E-state index contributed by atoms with van der Waals surface area (Å²) in [6.45, 7) is 3.81. The number of carbonyl (C=O) groups excluding carboxylic acids is 3. The molecule has 1 spiro atoms. The van der Waals surface area contributed by atoms with Gasteiger partial charge in [-0.3, -0.25) is 34.1 Å². The lowest BCUT2D eigenvalue weighted by Crippen LogP contribution is -2.81. The van der Waals surface area contributed by atoms with Gasteiger partial charge >= 0.3 is 0 Å². The Bertz CT molecular complexity index is 872. The number of aromatic nitrogens is 1. The average molecular weight is 428 g/mol. The molecular weight excluding hydrogens is 398 g/mol. The largest absolute Gasteiger partial charge is 0.392 e. The number of likely N-dealkylation sites (tertiary alicyclic amines) is 2. The highest BCUT2D eigenvalue weighted by Crippen LogP contribution is 2.40. The van der Waals surface area contributed by atoms with Crippen molar-refractivity contribution >= 4 is 17.7 Å². The molecule has 2 unspecified atom stereocenters. The molecule has 9 nitrogen and oxygen atoms in total. The molecule has 5 heterocycles. The van der Waals surface area contributed by atoms with Crippen LogP contribution in [-0.4, -0.2) is 104 Å². The van der Waals surface area contributed by atoms with Crippen LogP contribution in [0, 0.1) is 0 Å². The molecule has 1 aromatic rings. The molecule has 31 heavy (non-hydrogen) atoms. The summed E-state index contributed by atoms with van der Waals surface area (Å²) < 4.78 is 0. The molecule has 4 aliphatic rings. The normalized spacial score (nSPS) is 28.5. The second kappa shape index (κ2) is 7.96. The van der Waals surface area contributed by atoms with Gasteiger partial charge in [0.05, 0.1) is 12.1 Å². The quantitative estimate of drug-likeness (QED) is 0.609. The van der Waals surface area contributed by atoms with Crippen molar-refractivity contribution in [2.24, 2.45) is 0 Å². The fourth-order valence-corrected chi connectivity index (χ4v) is 5.62. The molecule has 0 aromatic carbocycles. The summed E-state index contributed by atoms with van der Waals surface area (Å²) in [5.41, 5.74) is 0.337. The van der Waals surface area contributed by atoms with Crippen molar-refractivity contribution in [1.29, 1.82) is 0 Å². The standard InChI is InChI=1S/C22H29N5O4/c28-17-10-18-20(30)26(9-3-8-25-7-2-5-19(25)29)21(31)22(27(18)13-17)14-24(15-22)12-16-4-1-6-23-11-16/h1,4,6,11,17-18,28H,2-3,5,7-10,12-15H2. The van der Waals surface area contributed by atoms with Gasteiger partial charge in [-0.2, -0.15) is 0 Å². The lowest BCUT2D eigenvalue weighted by Gasteiger charge is -2.58. The van der Waals surface area contributed by atoms with E-state index in [0.29, 0.717) is 58.5 Å². The van der Waals surface area contributed by atoms with Crippen molar-refractivity contribution in [3.63, 3.8) is 0 Å². The van der Waals surface area contributed by atoms with Crippen LogP contribution in [-0.2, 0) is 20.9 Å². The minimum Gasteiger partial charge on any atom is -0.392 e. The predicted octanol–water partition coefficient (Wildman–Crippen LogP) is -0.547. The number of aliphatic hydroxyl groups is 1. The number of hydrogen-bond donors (Lipinski definition) is 1. The molecule has 4 fully saturated rings. The highest BCUT2D eigenvalue weighted by molar-refractivity contribution is 6.06. The van der Waals surface area contributed by atoms with E-state index < -0.39 is 17.7 Å². The Hall–Kier alpha value is -2.36. The van der Waals surface area contributed by atoms with Gasteiger partial charge < -0.3 is 10.0 Å². The van der Waals surface area contributed by atoms with Crippen LogP contribution < -0.4 is 0 Å². The van der Waals surface area contributed by atoms with Gasteiger partial charge in [-0.15, -0.1) is 0 Å². The summed E-state index contributed by atoms with van der Waals surface area (Å²) in [4.78, 5) is 50.0. The van der Waals surface area contributed by atoms with E-state index in [9.17, 15) is 19.5 Å². The van der Waals surface area contributed by atoms with Crippen LogP contribution in [0.15, 0.2) is 24.5 Å². The second-order valence-electron chi connectivity index (χ2n) is 9.23. The number of amides is 3. The number of nitrogens with zero attached hydrogens (tertiary/aromatic N) is 5. The van der Waals surface area contributed by atoms with Gasteiger partial charge in [0.25, 0.3) is 5.91 Å². The van der Waals surface area contributed by atoms with Gasteiger partial charge in [0, 0.05) is 64.6 Å². The van der Waals surface area contributed by atoms with Crippen molar-refractivity contribution in [3.8, 4) is 0 Å². The smallest absolute Gasteiger partial charge is 0.252 e. The number of fused-ring (bicyclic) bond motifs is 2. The Kier molecular flexibility index (Phi) is 5.27. The lowest BCUT2D eigenvalue weighted by molar-refractivity contribution is -0.180. The van der Waals surface area contributed by atoms with Crippen molar-refractivity contribution in [3.05, 3.63) is 30.1 Å². The SMILES string of the molecule is O=C1CCCN1CCCN1C(=O)C2CC(O)CN2C2(CN(Cc3cccnc3)C2)C1=O. The number of aliphatic hydroxyl groups excluding tert-OH is 1. The topological polar surface area (TPSA) is 97.3 Å². The van der Waals surface area contributed by atoms with Crippen molar-refractivity contribution in [1.82, 2.24) is 24.6 Å². The van der Waals surface area contributed by atoms with Gasteiger partial charge in [-0.1, -0.05) is 6.07 Å². The Balaban J connectivity index is 1.28. The number of pyridine rings is 1. The summed E-state index contributed by atoms with van der Waals surface area (Å²) in [6.07, 6.45) is 5.41. The molecule has 0 aliphatic carbocycles. The summed E-state index contributed by atoms with van der Waals surface area (Å²) in [5, 5.41) is 10.3. The molecule has 3 amide bonds. The van der Waals surface area contributed by atoms with Gasteiger partial charge in [-0.05, 0) is 30.9 Å². The monoisotopic (exact) mass is 427 g/mol. The number of rotatable bonds is 6. The third kappa shape index (κ3) is 3.54. The fraction of sp³-hybridized carbons (Fsp3) is 0.636. The Morgan fingerprint density at radius 2 is 2.03 bits per heavy atom. The molecule has 1 aromatic heterocycles. The molecule has 5 rings (SSSR count). The minimum atomic E-state index is -0.748. The van der Waals surface area contributed by atoms with E-state index in [2.05, 4.69) is 9.88 Å². The molecule has 0 saturated carbocycles. The zero-order valence-electron chi connectivity index (χ0n) is 17.7. The first-order valence-electron chi connectivity index (χ1n) is 11.2. The number of hydrogen-bond acceptors (Lipinski definition) is 7. The molecule has 166 valence electrons. The Labute approximate surface area is 181 Å². The Morgan fingerprint density at radius 3 is 2.74 bits per heavy atom. The molecule has 4 aliphatic heterocycles. The van der Waals surface area contributed by atoms with Crippen LogP contribution >= 0.6 is 0 Å². The van der Waals surface area contributed by atoms with E-state index in [1.807, 2.05) is 28.1 Å². The van der Waals surface area contributed by atoms with Crippen LogP contribution in [0.2, 0.25) is 0 Å². The molecule has 1 N–H and O–H groups in total. The maximum atomic E-state index is 13.5. The number of carbonyl (C=O) groups is 3. The van der Waals surface area contributed by atoms with Crippen LogP contribution in [0.5, 0.6) is 0 Å². The van der Waals surface area contributed by atoms with E-state index in [1.54, 1.807) is 6.20 Å². The summed E-state index contributed by atoms with van der Waals surface area (Å²) in [5.74, 6) is -0.202. The number of piperazine rings is 1. The average Bonchev–Trinajstić information content (AvgIpc) is 3.32. The third-order valence-electron chi connectivity index (χ3n) is 7.10. The van der Waals surface area contributed by atoms with Crippen LogP contribution in [0.25, 0.3) is 0 Å². The third-order valence-corrected chi connectivity index (χ3v) is 7.10. The summed E-state index contributed by atoms with van der Waals surface area (Å²) in [6, 6.07) is 3.47. The molecular formula is C22H29N5O4. The van der Waals surface area contributed by atoms with E-state index in [-0.39, 0.29) is 17.7 Å². The van der Waals surface area contributed by atoms with Crippen molar-refractivity contribution < 1.29 is 19.5 Å². The lowest BCUT2D eigenvalue weighted by atomic mass is 9.82. The van der Waals surface area contributed by atoms with Gasteiger partial charge in [0.15, 0.2) is 0 Å². The maximum Gasteiger partial charge on any atom is 0.252 e. The number of imide groups is 1. The molecule has 4 saturated heterocycles. The predicted molar refractivity (Wildman–Crippen MR) is 111 cm³/mol. The summed E-state index contributed by atoms with van der Waals surface area (Å²) >= 11 is 0. The van der Waals surface area contributed by atoms with E-state index in [0.717, 1.165) is 18.5 Å². The van der Waals surface area contributed by atoms with Crippen LogP contribution in [0.4, 0.5) is 0 Å². The minimum absolute atomic E-state index is 0.155. The number of β-amino-alcohol motifs (C(OH)–C–C–N with tert-alkyl or cyclic N) is 1. The summed E-state index contributed by atoms with van der Waals surface area (Å²) in [7, 11) is 0. The van der Waals surface area contributed by atoms with Crippen molar-refractivity contribution in [2.75, 3.05) is 39.3 Å². The molecule has 0 bridgehead atoms. The van der Waals surface area contributed by atoms with Gasteiger partial charge in [-0.25, -0.2) is 0 Å². The molecule has 0 radical (unpaired) electrons. The first-order valence-corrected chi connectivity index (χ1v) is 11.2. The van der Waals surface area contributed by atoms with Crippen molar-refractivity contribution in [2.45, 2.75) is 49.9 Å². The van der Waals surface area contributed by atoms with Crippen LogP contribution in [0.1, 0.15) is 31.2 Å². The second-order valence-corrected chi connectivity index (χ2v) is 9.23. The van der Waals surface area contributed by atoms with E-state index in [1.165, 1.54) is 4.90 Å². The van der Waals surface area contributed by atoms with Gasteiger partial charge in [0.2, 0.25) is 11.8 Å². The van der Waals surface area contributed by atoms with E-state index >= 15 is 0 Å². The fourth-order valence-electron chi connectivity index (χ4n) is 5.62. The van der Waals surface area contributed by atoms with Crippen LogP contribution in [0.3, 0.4) is 0 Å². The zero-order valence-corrected chi connectivity index (χ0v) is 17.7. The first-order chi connectivity index (χ1) is 15.0. The highest BCUT2D eigenvalue weighted by Gasteiger charge is 2.64.